The Morgan fingerprint density at radius 1 is 0.700 bits per heavy atom. The fourth-order valence-electron chi connectivity index (χ4n) is 3.78. The number of allylic oxidation sites excluding steroid dienone is 1. The predicted octanol–water partition coefficient (Wildman–Crippen LogP) is 5.89. The Balaban J connectivity index is 2.14. The Morgan fingerprint density at radius 2 is 1.13 bits per heavy atom. The smallest absolute Gasteiger partial charge is 0.400 e. The molecule has 0 bridgehead atoms. The van der Waals surface area contributed by atoms with Crippen LogP contribution in [0.15, 0.2) is 35.8 Å². The van der Waals surface area contributed by atoms with E-state index in [1.54, 1.807) is 0 Å². The lowest BCUT2D eigenvalue weighted by Crippen LogP contribution is -2.41. The molecule has 2 saturated heterocycles. The van der Waals surface area contributed by atoms with E-state index in [0.717, 1.165) is 35.8 Å². The van der Waals surface area contributed by atoms with Crippen molar-refractivity contribution in [1.29, 1.82) is 0 Å². The molecule has 2 fully saturated rings. The van der Waals surface area contributed by atoms with E-state index in [1.165, 1.54) is 0 Å². The van der Waals surface area contributed by atoms with Crippen molar-refractivity contribution in [2.75, 3.05) is 0 Å². The monoisotopic (exact) mass is 412 g/mol. The molecule has 1 aromatic rings. The van der Waals surface area contributed by atoms with Gasteiger partial charge in [-0.05, 0) is 78.3 Å². The summed E-state index contributed by atoms with van der Waals surface area (Å²) in [5.41, 5.74) is 1.64. The van der Waals surface area contributed by atoms with Crippen LogP contribution in [0.1, 0.15) is 87.1 Å². The Kier molecular flexibility index (Phi) is 6.39. The number of hydrogen-bond donors (Lipinski definition) is 0. The summed E-state index contributed by atoms with van der Waals surface area (Å²) in [4.78, 5) is 0. The highest BCUT2D eigenvalue weighted by molar-refractivity contribution is 6.74. The van der Waals surface area contributed by atoms with E-state index in [9.17, 15) is 0 Å². The summed E-state index contributed by atoms with van der Waals surface area (Å²) in [5.74, 6) is 0. The molecule has 0 radical (unpaired) electrons. The van der Waals surface area contributed by atoms with Crippen LogP contribution < -0.4 is 0 Å². The van der Waals surface area contributed by atoms with Gasteiger partial charge in [0.2, 0.25) is 0 Å². The normalized spacial score (nSPS) is 24.8. The van der Waals surface area contributed by atoms with Crippen molar-refractivity contribution in [3.05, 3.63) is 41.4 Å². The van der Waals surface area contributed by atoms with Gasteiger partial charge in [-0.2, -0.15) is 0 Å². The minimum atomic E-state index is -0.469. The third-order valence-corrected chi connectivity index (χ3v) is 7.26. The van der Waals surface area contributed by atoms with Crippen molar-refractivity contribution in [2.45, 2.75) is 104 Å². The lowest BCUT2D eigenvalue weighted by molar-refractivity contribution is 0.00578. The fourth-order valence-corrected chi connectivity index (χ4v) is 3.78. The SMILES string of the molecule is CCCC/C(B1OC(C)(C)C(C)(C)O1)=C(\B1OC(C)(C)C(C)(C)O1)c1ccccc1. The van der Waals surface area contributed by atoms with Gasteiger partial charge < -0.3 is 18.6 Å². The topological polar surface area (TPSA) is 36.9 Å². The molecule has 164 valence electrons. The summed E-state index contributed by atoms with van der Waals surface area (Å²) < 4.78 is 26.0. The number of unbranched alkanes of at least 4 members (excludes halogenated alkanes) is 1. The summed E-state index contributed by atoms with van der Waals surface area (Å²) in [6.45, 7) is 19.0. The van der Waals surface area contributed by atoms with Gasteiger partial charge in [0.25, 0.3) is 0 Å². The van der Waals surface area contributed by atoms with Crippen LogP contribution in [-0.4, -0.2) is 36.6 Å². The number of benzene rings is 1. The highest BCUT2D eigenvalue weighted by atomic mass is 16.7. The maximum Gasteiger partial charge on any atom is 0.494 e. The number of hydrogen-bond acceptors (Lipinski definition) is 4. The molecule has 0 spiro atoms. The maximum absolute atomic E-state index is 6.51. The third kappa shape index (κ3) is 4.29. The third-order valence-electron chi connectivity index (χ3n) is 7.26. The van der Waals surface area contributed by atoms with Crippen molar-refractivity contribution in [3.63, 3.8) is 0 Å². The van der Waals surface area contributed by atoms with Gasteiger partial charge in [0.05, 0.1) is 22.4 Å². The zero-order valence-electron chi connectivity index (χ0n) is 20.3. The van der Waals surface area contributed by atoms with Gasteiger partial charge in [-0.1, -0.05) is 50.1 Å². The van der Waals surface area contributed by atoms with E-state index in [4.69, 9.17) is 18.6 Å². The van der Waals surface area contributed by atoms with Crippen molar-refractivity contribution in [2.24, 2.45) is 0 Å². The molecule has 0 atom stereocenters. The van der Waals surface area contributed by atoms with E-state index >= 15 is 0 Å². The molecule has 1 aromatic carbocycles. The Hall–Kier alpha value is -1.07. The molecular formula is C24H38B2O4. The van der Waals surface area contributed by atoms with Gasteiger partial charge in [-0.15, -0.1) is 0 Å². The van der Waals surface area contributed by atoms with Gasteiger partial charge in [0, 0.05) is 0 Å². The van der Waals surface area contributed by atoms with E-state index in [1.807, 2.05) is 6.07 Å². The molecule has 0 saturated carbocycles. The van der Waals surface area contributed by atoms with Crippen molar-refractivity contribution in [3.8, 4) is 0 Å². The zero-order chi connectivity index (χ0) is 22.4. The summed E-state index contributed by atoms with van der Waals surface area (Å²) in [7, 11) is -0.890. The van der Waals surface area contributed by atoms with Gasteiger partial charge in [0.15, 0.2) is 0 Å². The minimum Gasteiger partial charge on any atom is -0.400 e. The summed E-state index contributed by atoms with van der Waals surface area (Å²) in [5, 5.41) is 0. The Morgan fingerprint density at radius 3 is 1.57 bits per heavy atom. The van der Waals surface area contributed by atoms with E-state index in [-0.39, 0.29) is 0 Å². The summed E-state index contributed by atoms with van der Waals surface area (Å²) in [6.07, 6.45) is 3.02. The van der Waals surface area contributed by atoms with Crippen LogP contribution in [-0.2, 0) is 18.6 Å². The van der Waals surface area contributed by atoms with Crippen LogP contribution in [0.4, 0.5) is 0 Å². The lowest BCUT2D eigenvalue weighted by Gasteiger charge is -2.32. The fraction of sp³-hybridized carbons (Fsp3) is 0.667. The molecule has 0 aromatic heterocycles. The molecule has 0 unspecified atom stereocenters. The first-order valence-corrected chi connectivity index (χ1v) is 11.3. The highest BCUT2D eigenvalue weighted by Crippen LogP contribution is 2.45. The first-order chi connectivity index (χ1) is 13.8. The second kappa shape index (κ2) is 8.12. The Bertz CT molecular complexity index is 752. The van der Waals surface area contributed by atoms with Crippen LogP contribution in [0.25, 0.3) is 5.47 Å². The molecule has 0 amide bonds. The standard InChI is InChI=1S/C24H38B2O4/c1-10-11-17-19(25-27-21(2,3)22(4,5)28-25)20(18-15-13-12-14-16-18)26-29-23(6,7)24(8,9)30-26/h12-16H,10-11,17H2,1-9H3/b20-19+. The van der Waals surface area contributed by atoms with Gasteiger partial charge in [-0.25, -0.2) is 0 Å². The van der Waals surface area contributed by atoms with Crippen LogP contribution in [0.3, 0.4) is 0 Å². The van der Waals surface area contributed by atoms with Crippen LogP contribution in [0, 0.1) is 0 Å². The molecular weight excluding hydrogens is 374 g/mol. The van der Waals surface area contributed by atoms with Crippen LogP contribution in [0.2, 0.25) is 0 Å². The Labute approximate surface area is 184 Å². The van der Waals surface area contributed by atoms with E-state index in [0.29, 0.717) is 0 Å². The van der Waals surface area contributed by atoms with Crippen molar-refractivity contribution >= 4 is 19.7 Å². The molecule has 0 aliphatic carbocycles. The quantitative estimate of drug-likeness (QED) is 0.546. The first kappa shape index (κ1) is 23.6. The molecule has 30 heavy (non-hydrogen) atoms. The molecule has 6 heteroatoms. The second-order valence-electron chi connectivity index (χ2n) is 10.6. The maximum atomic E-state index is 6.51. The first-order valence-electron chi connectivity index (χ1n) is 11.3. The van der Waals surface area contributed by atoms with E-state index < -0.39 is 36.6 Å². The molecule has 2 heterocycles. The largest absolute Gasteiger partial charge is 0.494 e. The zero-order valence-corrected chi connectivity index (χ0v) is 20.3. The molecule has 0 N–H and O–H groups in total. The minimum absolute atomic E-state index is 0.396. The second-order valence-corrected chi connectivity index (χ2v) is 10.6. The van der Waals surface area contributed by atoms with Crippen molar-refractivity contribution in [1.82, 2.24) is 0 Å². The summed E-state index contributed by atoms with van der Waals surface area (Å²) in [6, 6.07) is 10.4. The molecule has 2 aliphatic heterocycles. The van der Waals surface area contributed by atoms with Gasteiger partial charge >= 0.3 is 14.2 Å². The average molecular weight is 412 g/mol. The molecule has 2 aliphatic rings. The lowest BCUT2D eigenvalue weighted by atomic mass is 9.61. The van der Waals surface area contributed by atoms with Crippen LogP contribution >= 0.6 is 0 Å². The highest BCUT2D eigenvalue weighted by Gasteiger charge is 2.56. The van der Waals surface area contributed by atoms with Crippen LogP contribution in [0.5, 0.6) is 0 Å². The van der Waals surface area contributed by atoms with Crippen molar-refractivity contribution < 1.29 is 18.6 Å². The predicted molar refractivity (Wildman–Crippen MR) is 125 cm³/mol. The van der Waals surface area contributed by atoms with Gasteiger partial charge in [-0.3, -0.25) is 0 Å². The molecule has 4 nitrogen and oxygen atoms in total. The van der Waals surface area contributed by atoms with E-state index in [2.05, 4.69) is 86.6 Å². The number of rotatable bonds is 6. The average Bonchev–Trinajstić information content (AvgIpc) is 2.98. The molecule has 3 rings (SSSR count). The van der Waals surface area contributed by atoms with Gasteiger partial charge in [0.1, 0.15) is 0 Å². The summed E-state index contributed by atoms with van der Waals surface area (Å²) >= 11 is 0.